The highest BCUT2D eigenvalue weighted by Gasteiger charge is 2.17. The molecule has 0 saturated heterocycles. The van der Waals surface area contributed by atoms with Crippen molar-refractivity contribution in [3.8, 4) is 22.8 Å². The number of fused-ring (bicyclic) bond motifs is 1. The molecule has 122 valence electrons. The zero-order valence-corrected chi connectivity index (χ0v) is 16.6. The van der Waals surface area contributed by atoms with E-state index in [1.54, 1.807) is 6.07 Å². The minimum Gasteiger partial charge on any atom is -0.454 e. The maximum Gasteiger partial charge on any atom is 0.267 e. The molecule has 24 heavy (non-hydrogen) atoms. The lowest BCUT2D eigenvalue weighted by molar-refractivity contribution is 0.103. The number of carbonyl (C=O) groups excluding carboxylic acids is 1. The van der Waals surface area contributed by atoms with E-state index in [2.05, 4.69) is 42.2 Å². The van der Waals surface area contributed by atoms with Gasteiger partial charge in [0.05, 0.1) is 14.4 Å². The highest BCUT2D eigenvalue weighted by molar-refractivity contribution is 9.13. The quantitative estimate of drug-likeness (QED) is 0.538. The number of thiazole rings is 1. The SMILES string of the molecule is O=C(Nc1nc(-c2ccc3c(c2)OCO3)cs1)c1cc(Br)c(Br)s1. The molecule has 1 aliphatic heterocycles. The molecule has 0 atom stereocenters. The Morgan fingerprint density at radius 3 is 2.83 bits per heavy atom. The van der Waals surface area contributed by atoms with Crippen molar-refractivity contribution < 1.29 is 14.3 Å². The second-order valence-corrected chi connectivity index (χ2v) is 8.87. The van der Waals surface area contributed by atoms with Gasteiger partial charge in [0.2, 0.25) is 6.79 Å². The van der Waals surface area contributed by atoms with Gasteiger partial charge >= 0.3 is 0 Å². The molecule has 1 aliphatic rings. The van der Waals surface area contributed by atoms with Crippen LogP contribution in [0.2, 0.25) is 0 Å². The van der Waals surface area contributed by atoms with Crippen molar-refractivity contribution in [1.82, 2.24) is 4.98 Å². The topological polar surface area (TPSA) is 60.5 Å². The Morgan fingerprint density at radius 1 is 1.21 bits per heavy atom. The molecule has 4 rings (SSSR count). The van der Waals surface area contributed by atoms with Crippen LogP contribution in [0.3, 0.4) is 0 Å². The molecule has 1 N–H and O–H groups in total. The first kappa shape index (κ1) is 16.1. The van der Waals surface area contributed by atoms with E-state index in [1.165, 1.54) is 22.7 Å². The lowest BCUT2D eigenvalue weighted by atomic mass is 10.1. The number of benzene rings is 1. The van der Waals surface area contributed by atoms with E-state index in [4.69, 9.17) is 9.47 Å². The van der Waals surface area contributed by atoms with Crippen LogP contribution in [0.1, 0.15) is 9.67 Å². The van der Waals surface area contributed by atoms with Gasteiger partial charge in [-0.25, -0.2) is 4.98 Å². The highest BCUT2D eigenvalue weighted by Crippen LogP contribution is 2.37. The number of amides is 1. The third-order valence-corrected chi connectivity index (χ3v) is 7.27. The second kappa shape index (κ2) is 6.47. The number of hydrogen-bond donors (Lipinski definition) is 1. The van der Waals surface area contributed by atoms with E-state index in [0.717, 1.165) is 25.3 Å². The summed E-state index contributed by atoms with van der Waals surface area (Å²) < 4.78 is 12.4. The Balaban J connectivity index is 1.53. The van der Waals surface area contributed by atoms with E-state index in [1.807, 2.05) is 23.6 Å². The third-order valence-electron chi connectivity index (χ3n) is 3.26. The van der Waals surface area contributed by atoms with Gasteiger partial charge in [-0.2, -0.15) is 0 Å². The average Bonchev–Trinajstić information content (AvgIpc) is 3.27. The van der Waals surface area contributed by atoms with Gasteiger partial charge in [-0.15, -0.1) is 22.7 Å². The molecule has 1 aromatic carbocycles. The zero-order valence-electron chi connectivity index (χ0n) is 11.8. The minimum atomic E-state index is -0.182. The van der Waals surface area contributed by atoms with Crippen LogP contribution in [0, 0.1) is 0 Å². The summed E-state index contributed by atoms with van der Waals surface area (Å²) in [6.07, 6.45) is 0. The van der Waals surface area contributed by atoms with E-state index < -0.39 is 0 Å². The number of aromatic nitrogens is 1. The fourth-order valence-electron chi connectivity index (χ4n) is 2.14. The molecule has 5 nitrogen and oxygen atoms in total. The zero-order chi connectivity index (χ0) is 16.7. The van der Waals surface area contributed by atoms with Gasteiger partial charge in [0.15, 0.2) is 16.6 Å². The van der Waals surface area contributed by atoms with Gasteiger partial charge in [-0.05, 0) is 56.1 Å². The number of halogens is 2. The summed E-state index contributed by atoms with van der Waals surface area (Å²) in [6, 6.07) is 7.44. The fourth-order valence-corrected chi connectivity index (χ4v) is 4.78. The van der Waals surface area contributed by atoms with Crippen molar-refractivity contribution in [3.63, 3.8) is 0 Å². The first-order valence-corrected chi connectivity index (χ1v) is 10.00. The molecule has 0 saturated carbocycles. The van der Waals surface area contributed by atoms with Crippen LogP contribution in [-0.4, -0.2) is 17.7 Å². The van der Waals surface area contributed by atoms with Crippen LogP contribution in [0.15, 0.2) is 37.9 Å². The van der Waals surface area contributed by atoms with Gasteiger partial charge < -0.3 is 9.47 Å². The predicted molar refractivity (Wildman–Crippen MR) is 101 cm³/mol. The molecule has 0 radical (unpaired) electrons. The third kappa shape index (κ3) is 3.08. The Morgan fingerprint density at radius 2 is 2.04 bits per heavy atom. The first-order chi connectivity index (χ1) is 11.6. The Hall–Kier alpha value is -1.42. The lowest BCUT2D eigenvalue weighted by Gasteiger charge is -2.00. The lowest BCUT2D eigenvalue weighted by Crippen LogP contribution is -2.09. The number of hydrogen-bond acceptors (Lipinski definition) is 6. The molecule has 3 aromatic rings. The molecular weight excluding hydrogens is 480 g/mol. The number of nitrogens with zero attached hydrogens (tertiary/aromatic N) is 1. The van der Waals surface area contributed by atoms with Crippen LogP contribution >= 0.6 is 54.5 Å². The molecule has 0 bridgehead atoms. The summed E-state index contributed by atoms with van der Waals surface area (Å²) in [5, 5.41) is 5.27. The summed E-state index contributed by atoms with van der Waals surface area (Å²) in [5.41, 5.74) is 1.69. The maximum atomic E-state index is 12.3. The van der Waals surface area contributed by atoms with Crippen LogP contribution in [0.4, 0.5) is 5.13 Å². The van der Waals surface area contributed by atoms with Gasteiger partial charge in [-0.3, -0.25) is 10.1 Å². The molecule has 3 heterocycles. The van der Waals surface area contributed by atoms with Gasteiger partial charge in [0.1, 0.15) is 0 Å². The van der Waals surface area contributed by atoms with Crippen molar-refractivity contribution >= 4 is 65.6 Å². The number of anilines is 1. The van der Waals surface area contributed by atoms with Crippen LogP contribution in [0.25, 0.3) is 11.3 Å². The summed E-state index contributed by atoms with van der Waals surface area (Å²) in [7, 11) is 0. The van der Waals surface area contributed by atoms with E-state index in [0.29, 0.717) is 15.8 Å². The monoisotopic (exact) mass is 486 g/mol. The highest BCUT2D eigenvalue weighted by atomic mass is 79.9. The van der Waals surface area contributed by atoms with Crippen molar-refractivity contribution in [2.75, 3.05) is 12.1 Å². The molecule has 1 amide bonds. The fraction of sp³-hybridized carbons (Fsp3) is 0.0667. The van der Waals surface area contributed by atoms with Gasteiger partial charge in [0, 0.05) is 15.4 Å². The predicted octanol–water partition coefficient (Wildman–Crippen LogP) is 5.38. The van der Waals surface area contributed by atoms with E-state index in [-0.39, 0.29) is 12.7 Å². The number of thiophene rings is 1. The van der Waals surface area contributed by atoms with Crippen molar-refractivity contribution in [2.24, 2.45) is 0 Å². The molecule has 0 fully saturated rings. The van der Waals surface area contributed by atoms with Crippen LogP contribution in [0.5, 0.6) is 11.5 Å². The van der Waals surface area contributed by atoms with Crippen molar-refractivity contribution in [1.29, 1.82) is 0 Å². The average molecular weight is 488 g/mol. The minimum absolute atomic E-state index is 0.182. The van der Waals surface area contributed by atoms with E-state index >= 15 is 0 Å². The first-order valence-electron chi connectivity index (χ1n) is 6.72. The molecule has 2 aromatic heterocycles. The maximum absolute atomic E-state index is 12.3. The molecule has 0 aliphatic carbocycles. The Labute approximate surface area is 161 Å². The summed E-state index contributed by atoms with van der Waals surface area (Å²) >= 11 is 9.50. The Kier molecular flexibility index (Phi) is 4.33. The Bertz CT molecular complexity index is 919. The van der Waals surface area contributed by atoms with E-state index in [9.17, 15) is 4.79 Å². The summed E-state index contributed by atoms with van der Waals surface area (Å²) in [4.78, 5) is 17.3. The second-order valence-electron chi connectivity index (χ2n) is 4.79. The standard InChI is InChI=1S/C15H8Br2N2O3S2/c16-8-4-12(24-13(8)17)14(20)19-15-18-9(5-23-15)7-1-2-10-11(3-7)22-6-21-10/h1-5H,6H2,(H,18,19,20). The van der Waals surface area contributed by atoms with Crippen molar-refractivity contribution in [2.45, 2.75) is 0 Å². The number of nitrogens with one attached hydrogen (secondary N) is 1. The van der Waals surface area contributed by atoms with Crippen LogP contribution in [-0.2, 0) is 0 Å². The molecule has 0 unspecified atom stereocenters. The largest absolute Gasteiger partial charge is 0.454 e. The normalized spacial score (nSPS) is 12.4. The summed E-state index contributed by atoms with van der Waals surface area (Å²) in [6.45, 7) is 0.239. The van der Waals surface area contributed by atoms with Crippen molar-refractivity contribution in [3.05, 3.63) is 42.8 Å². The van der Waals surface area contributed by atoms with Gasteiger partial charge in [-0.1, -0.05) is 0 Å². The smallest absolute Gasteiger partial charge is 0.267 e. The van der Waals surface area contributed by atoms with Gasteiger partial charge in [0.25, 0.3) is 5.91 Å². The molecule has 9 heteroatoms. The number of rotatable bonds is 3. The summed E-state index contributed by atoms with van der Waals surface area (Å²) in [5.74, 6) is 1.26. The molecule has 0 spiro atoms. The van der Waals surface area contributed by atoms with Crippen LogP contribution < -0.4 is 14.8 Å². The number of carbonyl (C=O) groups is 1. The number of ether oxygens (including phenoxy) is 2. The molecular formula is C15H8Br2N2O3S2.